The number of hydrogen-bond donors (Lipinski definition) is 1. The molecule has 2 nitrogen and oxygen atoms in total. The predicted molar refractivity (Wildman–Crippen MR) is 129 cm³/mol. The molecular weight excluding hydrogens is 380 g/mol. The molecule has 174 valence electrons. The fourth-order valence-electron chi connectivity index (χ4n) is 8.51. The van der Waals surface area contributed by atoms with E-state index in [0.29, 0.717) is 41.3 Å². The normalized spacial score (nSPS) is 44.0. The van der Waals surface area contributed by atoms with Gasteiger partial charge in [-0.3, -0.25) is 4.79 Å². The van der Waals surface area contributed by atoms with Gasteiger partial charge < -0.3 is 5.11 Å². The largest absolute Gasteiger partial charge is 0.393 e. The summed E-state index contributed by atoms with van der Waals surface area (Å²) in [5.41, 5.74) is 3.12. The van der Waals surface area contributed by atoms with Gasteiger partial charge in [0.05, 0.1) is 6.10 Å². The molecule has 4 aliphatic carbocycles. The summed E-state index contributed by atoms with van der Waals surface area (Å²) in [4.78, 5) is 13.4. The maximum atomic E-state index is 13.4. The second-order valence-electron chi connectivity index (χ2n) is 12.3. The van der Waals surface area contributed by atoms with Gasteiger partial charge in [0, 0.05) is 5.92 Å². The molecule has 2 heteroatoms. The highest BCUT2D eigenvalue weighted by molar-refractivity contribution is 5.94. The van der Waals surface area contributed by atoms with Crippen LogP contribution in [-0.4, -0.2) is 17.0 Å². The second kappa shape index (κ2) is 8.47. The maximum Gasteiger partial charge on any atom is 0.159 e. The summed E-state index contributed by atoms with van der Waals surface area (Å²) < 4.78 is 0. The van der Waals surface area contributed by atoms with Crippen molar-refractivity contribution < 1.29 is 9.90 Å². The van der Waals surface area contributed by atoms with Crippen LogP contribution >= 0.6 is 0 Å². The zero-order valence-corrected chi connectivity index (χ0v) is 20.8. The van der Waals surface area contributed by atoms with Gasteiger partial charge in [-0.2, -0.15) is 0 Å². The molecule has 31 heavy (non-hydrogen) atoms. The van der Waals surface area contributed by atoms with Crippen LogP contribution in [0.15, 0.2) is 23.8 Å². The van der Waals surface area contributed by atoms with Crippen LogP contribution in [0.5, 0.6) is 0 Å². The van der Waals surface area contributed by atoms with Crippen molar-refractivity contribution in [3.05, 3.63) is 23.8 Å². The van der Waals surface area contributed by atoms with Crippen molar-refractivity contribution in [2.45, 2.75) is 105 Å². The lowest BCUT2D eigenvalue weighted by Gasteiger charge is -2.57. The molecule has 0 spiro atoms. The molecule has 0 aromatic rings. The van der Waals surface area contributed by atoms with Crippen LogP contribution in [-0.2, 0) is 4.79 Å². The van der Waals surface area contributed by atoms with Gasteiger partial charge in [0.2, 0.25) is 0 Å². The van der Waals surface area contributed by atoms with Crippen molar-refractivity contribution in [2.75, 3.05) is 0 Å². The second-order valence-corrected chi connectivity index (χ2v) is 12.3. The Balaban J connectivity index is 1.52. The Bertz CT molecular complexity index is 750. The SMILES string of the molecule is C=C(CC[C@@H](C)[C@H]1CC[C@H]2[C@@H]3C(=O)C=C4C[C@@H](O)CC[C@]4(C)[C@H]3CC[C@]12C)[C@@H](C)CC. The number of allylic oxidation sites excluding steroid dienone is 2. The first kappa shape index (κ1) is 23.3. The zero-order chi connectivity index (χ0) is 22.6. The Morgan fingerprint density at radius 1 is 1.16 bits per heavy atom. The van der Waals surface area contributed by atoms with Crippen LogP contribution in [0, 0.1) is 46.3 Å². The summed E-state index contributed by atoms with van der Waals surface area (Å²) >= 11 is 0. The number of aliphatic hydroxyl groups excluding tert-OH is 1. The van der Waals surface area contributed by atoms with Gasteiger partial charge in [-0.05, 0) is 111 Å². The molecule has 0 aliphatic heterocycles. The van der Waals surface area contributed by atoms with Gasteiger partial charge in [0.1, 0.15) is 0 Å². The van der Waals surface area contributed by atoms with Crippen molar-refractivity contribution in [2.24, 2.45) is 46.3 Å². The monoisotopic (exact) mass is 426 g/mol. The molecule has 4 rings (SSSR count). The molecule has 4 aliphatic rings. The fourth-order valence-corrected chi connectivity index (χ4v) is 8.51. The Morgan fingerprint density at radius 3 is 2.61 bits per heavy atom. The summed E-state index contributed by atoms with van der Waals surface area (Å²) in [6.45, 7) is 16.3. The minimum Gasteiger partial charge on any atom is -0.393 e. The Kier molecular flexibility index (Phi) is 6.36. The van der Waals surface area contributed by atoms with Crippen LogP contribution in [0.1, 0.15) is 98.8 Å². The molecule has 0 aromatic heterocycles. The first-order valence-corrected chi connectivity index (χ1v) is 13.2. The van der Waals surface area contributed by atoms with Crippen molar-refractivity contribution in [1.29, 1.82) is 0 Å². The number of aliphatic hydroxyl groups is 1. The van der Waals surface area contributed by atoms with E-state index < -0.39 is 0 Å². The van der Waals surface area contributed by atoms with Crippen LogP contribution in [0.2, 0.25) is 0 Å². The Hall–Kier alpha value is -0.890. The summed E-state index contributed by atoms with van der Waals surface area (Å²) in [7, 11) is 0. The summed E-state index contributed by atoms with van der Waals surface area (Å²) in [5.74, 6) is 3.72. The molecule has 1 N–H and O–H groups in total. The van der Waals surface area contributed by atoms with Crippen molar-refractivity contribution in [3.8, 4) is 0 Å². The van der Waals surface area contributed by atoms with Gasteiger partial charge in [-0.25, -0.2) is 0 Å². The van der Waals surface area contributed by atoms with Gasteiger partial charge in [-0.1, -0.05) is 52.3 Å². The van der Waals surface area contributed by atoms with E-state index in [-0.39, 0.29) is 17.4 Å². The topological polar surface area (TPSA) is 37.3 Å². The minimum absolute atomic E-state index is 0.136. The van der Waals surface area contributed by atoms with E-state index in [4.69, 9.17) is 0 Å². The molecule has 0 heterocycles. The maximum absolute atomic E-state index is 13.4. The summed E-state index contributed by atoms with van der Waals surface area (Å²) in [6.07, 6.45) is 13.0. The zero-order valence-electron chi connectivity index (χ0n) is 20.8. The number of hydrogen-bond acceptors (Lipinski definition) is 2. The smallest absolute Gasteiger partial charge is 0.159 e. The van der Waals surface area contributed by atoms with Crippen LogP contribution in [0.3, 0.4) is 0 Å². The van der Waals surface area contributed by atoms with E-state index in [1.807, 2.05) is 6.08 Å². The molecule has 0 saturated heterocycles. The van der Waals surface area contributed by atoms with Gasteiger partial charge in [0.15, 0.2) is 5.78 Å². The molecule has 0 aromatic carbocycles. The van der Waals surface area contributed by atoms with Crippen LogP contribution in [0.25, 0.3) is 0 Å². The van der Waals surface area contributed by atoms with E-state index >= 15 is 0 Å². The van der Waals surface area contributed by atoms with E-state index in [0.717, 1.165) is 25.2 Å². The molecule has 0 unspecified atom stereocenters. The standard InChI is InChI=1S/C29H46O2/c1-7-18(2)19(3)8-9-20(4)23-10-11-24-27-25(13-15-29(23,24)6)28(5)14-12-22(30)16-21(28)17-26(27)31/h17-18,20,22-25,27,30H,3,7-16H2,1-2,4-6H3/t18-,20+,22-,23+,24-,25-,27-,28-,29+/m0/s1. The van der Waals surface area contributed by atoms with Crippen molar-refractivity contribution in [1.82, 2.24) is 0 Å². The average molecular weight is 427 g/mol. The van der Waals surface area contributed by atoms with E-state index in [2.05, 4.69) is 41.2 Å². The third-order valence-corrected chi connectivity index (χ3v) is 10.9. The predicted octanol–water partition coefficient (Wildman–Crippen LogP) is 7.12. The molecule has 3 fully saturated rings. The highest BCUT2D eigenvalue weighted by Gasteiger charge is 2.61. The Morgan fingerprint density at radius 2 is 1.90 bits per heavy atom. The third kappa shape index (κ3) is 3.79. The number of ketones is 1. The highest BCUT2D eigenvalue weighted by atomic mass is 16.3. The first-order valence-electron chi connectivity index (χ1n) is 13.2. The quantitative estimate of drug-likeness (QED) is 0.459. The number of carbonyl (C=O) groups is 1. The fraction of sp³-hybridized carbons (Fsp3) is 0.828. The molecular formula is C29H46O2. The summed E-state index contributed by atoms with van der Waals surface area (Å²) in [5, 5.41) is 10.2. The Labute approximate surface area is 191 Å². The van der Waals surface area contributed by atoms with E-state index in [1.165, 1.54) is 49.7 Å². The lowest BCUT2D eigenvalue weighted by atomic mass is 9.46. The third-order valence-electron chi connectivity index (χ3n) is 10.9. The molecule has 9 atom stereocenters. The summed E-state index contributed by atoms with van der Waals surface area (Å²) in [6, 6.07) is 0. The molecule has 3 saturated carbocycles. The molecule has 0 bridgehead atoms. The number of rotatable bonds is 6. The van der Waals surface area contributed by atoms with E-state index in [9.17, 15) is 9.90 Å². The number of fused-ring (bicyclic) bond motifs is 5. The minimum atomic E-state index is -0.251. The average Bonchev–Trinajstić information content (AvgIpc) is 3.09. The van der Waals surface area contributed by atoms with Gasteiger partial charge >= 0.3 is 0 Å². The van der Waals surface area contributed by atoms with Crippen molar-refractivity contribution in [3.63, 3.8) is 0 Å². The van der Waals surface area contributed by atoms with Gasteiger partial charge in [-0.15, -0.1) is 0 Å². The highest BCUT2D eigenvalue weighted by Crippen LogP contribution is 2.66. The van der Waals surface area contributed by atoms with Gasteiger partial charge in [0.25, 0.3) is 0 Å². The van der Waals surface area contributed by atoms with Crippen molar-refractivity contribution >= 4 is 5.78 Å². The lowest BCUT2D eigenvalue weighted by molar-refractivity contribution is -0.135. The lowest BCUT2D eigenvalue weighted by Crippen LogP contribution is -2.53. The first-order chi connectivity index (χ1) is 14.6. The number of carbonyl (C=O) groups excluding carboxylic acids is 1. The van der Waals surface area contributed by atoms with Crippen LogP contribution < -0.4 is 0 Å². The van der Waals surface area contributed by atoms with E-state index in [1.54, 1.807) is 0 Å². The molecule has 0 radical (unpaired) electrons. The molecule has 0 amide bonds. The van der Waals surface area contributed by atoms with Crippen LogP contribution in [0.4, 0.5) is 0 Å².